The SMILES string of the molecule is CCCC(CCC)C(=O)NCC(O)C(F)(F)F. The Labute approximate surface area is 99.4 Å². The van der Waals surface area contributed by atoms with Crippen LogP contribution in [0.2, 0.25) is 0 Å². The topological polar surface area (TPSA) is 49.3 Å². The Morgan fingerprint density at radius 3 is 2.06 bits per heavy atom. The number of halogens is 3. The molecule has 0 rings (SSSR count). The van der Waals surface area contributed by atoms with Crippen molar-refractivity contribution in [1.29, 1.82) is 0 Å². The van der Waals surface area contributed by atoms with Crippen LogP contribution in [0.3, 0.4) is 0 Å². The Morgan fingerprint density at radius 2 is 1.71 bits per heavy atom. The van der Waals surface area contributed by atoms with Crippen LogP contribution in [0, 0.1) is 5.92 Å². The monoisotopic (exact) mass is 255 g/mol. The van der Waals surface area contributed by atoms with Gasteiger partial charge in [0, 0.05) is 5.92 Å². The summed E-state index contributed by atoms with van der Waals surface area (Å²) in [7, 11) is 0. The minimum Gasteiger partial charge on any atom is -0.382 e. The first-order valence-electron chi connectivity index (χ1n) is 5.85. The first-order chi connectivity index (χ1) is 7.82. The molecule has 0 aliphatic rings. The summed E-state index contributed by atoms with van der Waals surface area (Å²) in [6.45, 7) is 3.06. The van der Waals surface area contributed by atoms with E-state index in [1.165, 1.54) is 0 Å². The molecule has 0 aromatic rings. The van der Waals surface area contributed by atoms with Gasteiger partial charge in [0.2, 0.25) is 5.91 Å². The molecule has 0 aliphatic carbocycles. The Hall–Kier alpha value is -0.780. The number of amides is 1. The van der Waals surface area contributed by atoms with Crippen molar-refractivity contribution in [3.05, 3.63) is 0 Å². The van der Waals surface area contributed by atoms with Gasteiger partial charge in [-0.05, 0) is 12.8 Å². The molecule has 0 saturated heterocycles. The molecule has 2 N–H and O–H groups in total. The van der Waals surface area contributed by atoms with Crippen molar-refractivity contribution in [2.75, 3.05) is 6.54 Å². The van der Waals surface area contributed by atoms with Crippen molar-refractivity contribution >= 4 is 5.91 Å². The van der Waals surface area contributed by atoms with Crippen LogP contribution in [0.15, 0.2) is 0 Å². The highest BCUT2D eigenvalue weighted by Crippen LogP contribution is 2.19. The molecular weight excluding hydrogens is 235 g/mol. The molecule has 0 aromatic heterocycles. The van der Waals surface area contributed by atoms with Gasteiger partial charge in [-0.15, -0.1) is 0 Å². The van der Waals surface area contributed by atoms with E-state index in [1.54, 1.807) is 0 Å². The molecule has 102 valence electrons. The van der Waals surface area contributed by atoms with Crippen LogP contribution in [-0.2, 0) is 4.79 Å². The van der Waals surface area contributed by atoms with Crippen molar-refractivity contribution < 1.29 is 23.1 Å². The Morgan fingerprint density at radius 1 is 1.24 bits per heavy atom. The third kappa shape index (κ3) is 6.51. The van der Waals surface area contributed by atoms with E-state index < -0.39 is 24.7 Å². The van der Waals surface area contributed by atoms with Crippen molar-refractivity contribution in [1.82, 2.24) is 5.32 Å². The summed E-state index contributed by atoms with van der Waals surface area (Å²) < 4.78 is 36.0. The van der Waals surface area contributed by atoms with E-state index in [1.807, 2.05) is 13.8 Å². The summed E-state index contributed by atoms with van der Waals surface area (Å²) in [4.78, 5) is 11.6. The van der Waals surface area contributed by atoms with Crippen molar-refractivity contribution in [3.63, 3.8) is 0 Å². The molecule has 17 heavy (non-hydrogen) atoms. The summed E-state index contributed by atoms with van der Waals surface area (Å²) in [5, 5.41) is 10.9. The van der Waals surface area contributed by atoms with E-state index in [9.17, 15) is 18.0 Å². The van der Waals surface area contributed by atoms with Crippen LogP contribution in [0.25, 0.3) is 0 Å². The molecular formula is C11H20F3NO2. The predicted molar refractivity (Wildman–Crippen MR) is 58.4 cm³/mol. The van der Waals surface area contributed by atoms with Gasteiger partial charge in [0.05, 0.1) is 6.54 Å². The van der Waals surface area contributed by atoms with E-state index in [0.717, 1.165) is 12.8 Å². The molecule has 0 heterocycles. The number of carbonyl (C=O) groups excluding carboxylic acids is 1. The van der Waals surface area contributed by atoms with Gasteiger partial charge in [-0.3, -0.25) is 4.79 Å². The zero-order chi connectivity index (χ0) is 13.5. The van der Waals surface area contributed by atoms with Crippen LogP contribution in [0.4, 0.5) is 13.2 Å². The molecule has 3 nitrogen and oxygen atoms in total. The minimum absolute atomic E-state index is 0.259. The number of alkyl halides is 3. The molecule has 0 aromatic carbocycles. The zero-order valence-electron chi connectivity index (χ0n) is 10.2. The molecule has 6 heteroatoms. The third-order valence-corrected chi connectivity index (χ3v) is 2.49. The quantitative estimate of drug-likeness (QED) is 0.733. The number of hydrogen-bond acceptors (Lipinski definition) is 2. The van der Waals surface area contributed by atoms with Gasteiger partial charge in [0.15, 0.2) is 6.10 Å². The van der Waals surface area contributed by atoms with E-state index in [2.05, 4.69) is 5.32 Å². The van der Waals surface area contributed by atoms with E-state index in [-0.39, 0.29) is 5.92 Å². The third-order valence-electron chi connectivity index (χ3n) is 2.49. The molecule has 0 spiro atoms. The molecule has 0 aliphatic heterocycles. The summed E-state index contributed by atoms with van der Waals surface area (Å²) in [6.07, 6.45) is -4.25. The second-order valence-electron chi connectivity index (χ2n) is 4.08. The summed E-state index contributed by atoms with van der Waals surface area (Å²) in [6, 6.07) is 0. The molecule has 0 fully saturated rings. The van der Waals surface area contributed by atoms with Crippen LogP contribution >= 0.6 is 0 Å². The predicted octanol–water partition coefficient (Wildman–Crippen LogP) is 2.24. The maximum atomic E-state index is 12.0. The van der Waals surface area contributed by atoms with Gasteiger partial charge in [-0.25, -0.2) is 0 Å². The normalized spacial score (nSPS) is 13.8. The number of rotatable bonds is 7. The van der Waals surface area contributed by atoms with Gasteiger partial charge in [-0.2, -0.15) is 13.2 Å². The first-order valence-corrected chi connectivity index (χ1v) is 5.85. The van der Waals surface area contributed by atoms with Gasteiger partial charge in [0.1, 0.15) is 0 Å². The smallest absolute Gasteiger partial charge is 0.382 e. The number of aliphatic hydroxyl groups excluding tert-OH is 1. The van der Waals surface area contributed by atoms with E-state index >= 15 is 0 Å². The fourth-order valence-corrected chi connectivity index (χ4v) is 1.56. The summed E-state index contributed by atoms with van der Waals surface area (Å²) in [5.74, 6) is -0.664. The molecule has 0 saturated carbocycles. The second-order valence-corrected chi connectivity index (χ2v) is 4.08. The number of hydrogen-bond donors (Lipinski definition) is 2. The fraction of sp³-hybridized carbons (Fsp3) is 0.909. The maximum Gasteiger partial charge on any atom is 0.416 e. The second kappa shape index (κ2) is 7.53. The van der Waals surface area contributed by atoms with Crippen molar-refractivity contribution in [2.24, 2.45) is 5.92 Å². The van der Waals surface area contributed by atoms with Crippen molar-refractivity contribution in [3.8, 4) is 0 Å². The average molecular weight is 255 g/mol. The lowest BCUT2D eigenvalue weighted by atomic mass is 9.97. The van der Waals surface area contributed by atoms with E-state index in [0.29, 0.717) is 12.8 Å². The van der Waals surface area contributed by atoms with Crippen LogP contribution in [0.5, 0.6) is 0 Å². The highest BCUT2D eigenvalue weighted by molar-refractivity contribution is 5.78. The van der Waals surface area contributed by atoms with Gasteiger partial charge in [-0.1, -0.05) is 26.7 Å². The van der Waals surface area contributed by atoms with Gasteiger partial charge in [0.25, 0.3) is 0 Å². The fourth-order valence-electron chi connectivity index (χ4n) is 1.56. The lowest BCUT2D eigenvalue weighted by Crippen LogP contribution is -2.42. The minimum atomic E-state index is -4.68. The molecule has 0 radical (unpaired) electrons. The number of carbonyl (C=O) groups is 1. The molecule has 1 unspecified atom stereocenters. The number of aliphatic hydroxyl groups is 1. The first kappa shape index (κ1) is 16.2. The molecule has 1 atom stereocenters. The molecule has 1 amide bonds. The standard InChI is InChI=1S/C11H20F3NO2/c1-3-5-8(6-4-2)10(17)15-7-9(16)11(12,13)14/h8-9,16H,3-7H2,1-2H3,(H,15,17). The highest BCUT2D eigenvalue weighted by Gasteiger charge is 2.38. The van der Waals surface area contributed by atoms with E-state index in [4.69, 9.17) is 5.11 Å². The Bertz CT molecular complexity index is 225. The maximum absolute atomic E-state index is 12.0. The Balaban J connectivity index is 4.13. The van der Waals surface area contributed by atoms with Gasteiger partial charge < -0.3 is 10.4 Å². The van der Waals surface area contributed by atoms with Crippen LogP contribution in [-0.4, -0.2) is 29.8 Å². The van der Waals surface area contributed by atoms with Gasteiger partial charge >= 0.3 is 6.18 Å². The van der Waals surface area contributed by atoms with Crippen LogP contribution < -0.4 is 5.32 Å². The average Bonchev–Trinajstić information content (AvgIpc) is 2.23. The van der Waals surface area contributed by atoms with Crippen LogP contribution in [0.1, 0.15) is 39.5 Å². The van der Waals surface area contributed by atoms with Crippen molar-refractivity contribution in [2.45, 2.75) is 51.8 Å². The Kier molecular flexibility index (Phi) is 7.18. The highest BCUT2D eigenvalue weighted by atomic mass is 19.4. The summed E-state index contributed by atoms with van der Waals surface area (Å²) >= 11 is 0. The largest absolute Gasteiger partial charge is 0.416 e. The molecule has 0 bridgehead atoms. The lowest BCUT2D eigenvalue weighted by Gasteiger charge is -2.18. The zero-order valence-corrected chi connectivity index (χ0v) is 10.2. The summed E-state index contributed by atoms with van der Waals surface area (Å²) in [5.41, 5.74) is 0. The number of nitrogens with one attached hydrogen (secondary N) is 1. The lowest BCUT2D eigenvalue weighted by molar-refractivity contribution is -0.202.